The highest BCUT2D eigenvalue weighted by Crippen LogP contribution is 2.31. The Labute approximate surface area is 204 Å². The van der Waals surface area contributed by atoms with Gasteiger partial charge in [0.2, 0.25) is 0 Å². The van der Waals surface area contributed by atoms with Gasteiger partial charge in [-0.25, -0.2) is 9.97 Å². The zero-order chi connectivity index (χ0) is 24.4. The molecule has 0 aliphatic carbocycles. The second-order valence-corrected chi connectivity index (χ2v) is 8.90. The molecular weight excluding hydrogens is 434 g/mol. The molecule has 0 saturated heterocycles. The Bertz CT molecular complexity index is 1490. The smallest absolute Gasteiger partial charge is 0.257 e. The molecule has 3 aromatic carbocycles. The maximum Gasteiger partial charge on any atom is 0.257 e. The molecule has 0 bridgehead atoms. The fraction of sp³-hybridized carbons (Fsp3) is 0.207. The number of benzene rings is 3. The topological polar surface area (TPSA) is 85.8 Å². The van der Waals surface area contributed by atoms with Crippen LogP contribution in [0, 0.1) is 0 Å². The number of hydrogen-bond acceptors (Lipinski definition) is 4. The third-order valence-corrected chi connectivity index (χ3v) is 6.41. The molecule has 5 aromatic rings. The van der Waals surface area contributed by atoms with E-state index in [1.54, 1.807) is 0 Å². The molecule has 176 valence electrons. The SMILES string of the molecule is CCc1ccc(-n2c(N)c(C(=O)NC(C)CCc3ccccc3)c3nc4ccccc4nc32)cc1. The number of amides is 1. The van der Waals surface area contributed by atoms with Crippen molar-refractivity contribution in [1.29, 1.82) is 0 Å². The average Bonchev–Trinajstić information content (AvgIpc) is 3.17. The van der Waals surface area contributed by atoms with E-state index < -0.39 is 0 Å². The van der Waals surface area contributed by atoms with E-state index in [0.29, 0.717) is 22.5 Å². The maximum atomic E-state index is 13.5. The van der Waals surface area contributed by atoms with Crippen LogP contribution in [0.15, 0.2) is 78.9 Å². The van der Waals surface area contributed by atoms with Crippen LogP contribution in [0.2, 0.25) is 0 Å². The molecule has 0 saturated carbocycles. The maximum absolute atomic E-state index is 13.5. The number of carbonyl (C=O) groups excluding carboxylic acids is 1. The van der Waals surface area contributed by atoms with Gasteiger partial charge in [0.15, 0.2) is 5.65 Å². The number of aryl methyl sites for hydroxylation is 2. The zero-order valence-corrected chi connectivity index (χ0v) is 20.0. The molecule has 1 atom stereocenters. The summed E-state index contributed by atoms with van der Waals surface area (Å²) in [5, 5.41) is 3.13. The van der Waals surface area contributed by atoms with Gasteiger partial charge in [0.05, 0.1) is 11.0 Å². The van der Waals surface area contributed by atoms with E-state index in [-0.39, 0.29) is 11.9 Å². The highest BCUT2D eigenvalue weighted by Gasteiger charge is 2.25. The van der Waals surface area contributed by atoms with Crippen molar-refractivity contribution >= 4 is 33.9 Å². The molecular formula is C29H29N5O. The van der Waals surface area contributed by atoms with E-state index in [1.807, 2.05) is 66.1 Å². The van der Waals surface area contributed by atoms with Crippen LogP contribution in [-0.2, 0) is 12.8 Å². The lowest BCUT2D eigenvalue weighted by atomic mass is 10.1. The Kier molecular flexibility index (Phi) is 6.19. The number of fused-ring (bicyclic) bond motifs is 2. The van der Waals surface area contributed by atoms with Crippen molar-refractivity contribution in [2.24, 2.45) is 0 Å². The third kappa shape index (κ3) is 4.47. The van der Waals surface area contributed by atoms with E-state index in [4.69, 9.17) is 15.7 Å². The number of nitrogens with one attached hydrogen (secondary N) is 1. The van der Waals surface area contributed by atoms with Gasteiger partial charge in [0.1, 0.15) is 16.9 Å². The monoisotopic (exact) mass is 463 g/mol. The van der Waals surface area contributed by atoms with Crippen LogP contribution in [0.4, 0.5) is 5.82 Å². The number of nitrogens with two attached hydrogens (primary N) is 1. The van der Waals surface area contributed by atoms with Crippen LogP contribution >= 0.6 is 0 Å². The zero-order valence-electron chi connectivity index (χ0n) is 20.0. The Morgan fingerprint density at radius 3 is 2.26 bits per heavy atom. The summed E-state index contributed by atoms with van der Waals surface area (Å²) in [7, 11) is 0. The summed E-state index contributed by atoms with van der Waals surface area (Å²) in [6, 6.07) is 26.1. The predicted molar refractivity (Wildman–Crippen MR) is 142 cm³/mol. The van der Waals surface area contributed by atoms with Gasteiger partial charge in [0.25, 0.3) is 5.91 Å². The first-order valence-electron chi connectivity index (χ1n) is 12.1. The molecule has 2 aromatic heterocycles. The minimum Gasteiger partial charge on any atom is -0.384 e. The molecule has 0 aliphatic rings. The van der Waals surface area contributed by atoms with Crippen molar-refractivity contribution in [1.82, 2.24) is 19.9 Å². The summed E-state index contributed by atoms with van der Waals surface area (Å²) in [4.78, 5) is 23.2. The van der Waals surface area contributed by atoms with Gasteiger partial charge in [-0.3, -0.25) is 9.36 Å². The molecule has 1 amide bonds. The summed E-state index contributed by atoms with van der Waals surface area (Å²) in [5.41, 5.74) is 12.9. The number of hydrogen-bond donors (Lipinski definition) is 2. The first kappa shape index (κ1) is 22.6. The summed E-state index contributed by atoms with van der Waals surface area (Å²) in [6.07, 6.45) is 2.65. The summed E-state index contributed by atoms with van der Waals surface area (Å²) >= 11 is 0. The summed E-state index contributed by atoms with van der Waals surface area (Å²) in [5.74, 6) is 0.105. The fourth-order valence-corrected chi connectivity index (χ4v) is 4.42. The molecule has 2 heterocycles. The van der Waals surface area contributed by atoms with Gasteiger partial charge in [-0.2, -0.15) is 0 Å². The van der Waals surface area contributed by atoms with Gasteiger partial charge >= 0.3 is 0 Å². The highest BCUT2D eigenvalue weighted by molar-refractivity contribution is 6.11. The molecule has 0 aliphatic heterocycles. The summed E-state index contributed by atoms with van der Waals surface area (Å²) < 4.78 is 1.83. The molecule has 6 heteroatoms. The lowest BCUT2D eigenvalue weighted by molar-refractivity contribution is 0.0941. The average molecular weight is 464 g/mol. The van der Waals surface area contributed by atoms with E-state index >= 15 is 0 Å². The molecule has 35 heavy (non-hydrogen) atoms. The van der Waals surface area contributed by atoms with E-state index in [1.165, 1.54) is 11.1 Å². The molecule has 6 nitrogen and oxygen atoms in total. The highest BCUT2D eigenvalue weighted by atomic mass is 16.1. The van der Waals surface area contributed by atoms with Crippen LogP contribution in [-0.4, -0.2) is 26.5 Å². The van der Waals surface area contributed by atoms with Crippen LogP contribution < -0.4 is 11.1 Å². The van der Waals surface area contributed by atoms with Crippen LogP contribution in [0.3, 0.4) is 0 Å². The second kappa shape index (κ2) is 9.58. The van der Waals surface area contributed by atoms with Crippen molar-refractivity contribution in [3.05, 3.63) is 95.6 Å². The lowest BCUT2D eigenvalue weighted by Gasteiger charge is -2.14. The first-order chi connectivity index (χ1) is 17.0. The van der Waals surface area contributed by atoms with Gasteiger partial charge in [-0.05, 0) is 61.6 Å². The molecule has 0 spiro atoms. The molecule has 0 radical (unpaired) electrons. The van der Waals surface area contributed by atoms with Crippen LogP contribution in [0.5, 0.6) is 0 Å². The van der Waals surface area contributed by atoms with Crippen molar-refractivity contribution in [3.8, 4) is 5.69 Å². The Balaban J connectivity index is 1.54. The van der Waals surface area contributed by atoms with Gasteiger partial charge in [-0.1, -0.05) is 61.5 Å². The molecule has 3 N–H and O–H groups in total. The Morgan fingerprint density at radius 2 is 1.57 bits per heavy atom. The van der Waals surface area contributed by atoms with E-state index in [2.05, 4.69) is 36.5 Å². The summed E-state index contributed by atoms with van der Waals surface area (Å²) in [6.45, 7) is 4.13. The third-order valence-electron chi connectivity index (χ3n) is 6.41. The van der Waals surface area contributed by atoms with Crippen molar-refractivity contribution in [2.75, 3.05) is 5.73 Å². The second-order valence-electron chi connectivity index (χ2n) is 8.90. The standard InChI is InChI=1S/C29H29N5O/c1-3-20-15-17-22(18-16-20)34-27(30)25(26-28(34)33-24-12-8-7-11-23(24)32-26)29(35)31-19(2)13-14-21-9-5-4-6-10-21/h4-12,15-19H,3,13-14,30H2,1-2H3,(H,31,35). The van der Waals surface area contributed by atoms with Crippen LogP contribution in [0.25, 0.3) is 27.9 Å². The fourth-order valence-electron chi connectivity index (χ4n) is 4.42. The normalized spacial score (nSPS) is 12.2. The van der Waals surface area contributed by atoms with Crippen molar-refractivity contribution < 1.29 is 4.79 Å². The minimum atomic E-state index is -0.235. The van der Waals surface area contributed by atoms with Crippen molar-refractivity contribution in [3.63, 3.8) is 0 Å². The number of para-hydroxylation sites is 2. The van der Waals surface area contributed by atoms with Crippen LogP contribution in [0.1, 0.15) is 41.8 Å². The molecule has 5 rings (SSSR count). The number of carbonyl (C=O) groups is 1. The van der Waals surface area contributed by atoms with Crippen molar-refractivity contribution in [2.45, 2.75) is 39.2 Å². The van der Waals surface area contributed by atoms with E-state index in [9.17, 15) is 4.79 Å². The number of anilines is 1. The first-order valence-corrected chi connectivity index (χ1v) is 12.1. The Hall–Kier alpha value is -4.19. The quantitative estimate of drug-likeness (QED) is 0.335. The largest absolute Gasteiger partial charge is 0.384 e. The van der Waals surface area contributed by atoms with E-state index in [0.717, 1.165) is 36.0 Å². The predicted octanol–water partition coefficient (Wildman–Crippen LogP) is 5.47. The van der Waals surface area contributed by atoms with Gasteiger partial charge in [-0.15, -0.1) is 0 Å². The Morgan fingerprint density at radius 1 is 0.914 bits per heavy atom. The van der Waals surface area contributed by atoms with Gasteiger partial charge in [0, 0.05) is 11.7 Å². The van der Waals surface area contributed by atoms with Gasteiger partial charge < -0.3 is 11.1 Å². The number of aromatic nitrogens is 3. The molecule has 1 unspecified atom stereocenters. The molecule has 0 fully saturated rings. The number of nitrogen functional groups attached to an aromatic ring is 1. The minimum absolute atomic E-state index is 0.0299. The number of rotatable bonds is 7. The lowest BCUT2D eigenvalue weighted by Crippen LogP contribution is -2.33. The number of nitrogens with zero attached hydrogens (tertiary/aromatic N) is 3.